The molecule has 0 radical (unpaired) electrons. The van der Waals surface area contributed by atoms with Crippen molar-refractivity contribution in [1.29, 1.82) is 0 Å². The lowest BCUT2D eigenvalue weighted by atomic mass is 10.2. The van der Waals surface area contributed by atoms with Crippen LogP contribution in [-0.2, 0) is 6.42 Å². The zero-order valence-electron chi connectivity index (χ0n) is 14.9. The van der Waals surface area contributed by atoms with Crippen LogP contribution in [0.5, 0.6) is 0 Å². The second-order valence-electron chi connectivity index (χ2n) is 6.62. The van der Waals surface area contributed by atoms with Crippen molar-refractivity contribution in [2.45, 2.75) is 13.3 Å². The molecule has 8 heteroatoms. The van der Waals surface area contributed by atoms with E-state index in [9.17, 15) is 10.1 Å². The van der Waals surface area contributed by atoms with Crippen molar-refractivity contribution in [3.05, 3.63) is 44.1 Å². The normalized spacial score (nSPS) is 17.0. The quantitative estimate of drug-likeness (QED) is 0.645. The van der Waals surface area contributed by atoms with Gasteiger partial charge in [0.15, 0.2) is 0 Å². The molecule has 136 valence electrons. The first-order chi connectivity index (χ1) is 12.5. The Hall–Kier alpha value is -2.45. The minimum Gasteiger partial charge on any atom is -0.353 e. The summed E-state index contributed by atoms with van der Waals surface area (Å²) in [6, 6.07) is 6.99. The van der Waals surface area contributed by atoms with E-state index < -0.39 is 0 Å². The number of aryl methyl sites for hydroxylation is 1. The molecule has 1 N–H and O–H groups in total. The number of nitrogens with one attached hydrogen (secondary N) is 1. The van der Waals surface area contributed by atoms with Gasteiger partial charge >= 0.3 is 0 Å². The molecule has 0 atom stereocenters. The molecule has 0 saturated carbocycles. The summed E-state index contributed by atoms with van der Waals surface area (Å²) in [7, 11) is 2.12. The van der Waals surface area contributed by atoms with Crippen LogP contribution in [0.4, 0.5) is 22.7 Å². The number of hydrogen-bond acceptors (Lipinski definition) is 7. The Balaban J connectivity index is 1.82. The fourth-order valence-corrected chi connectivity index (χ4v) is 4.32. The van der Waals surface area contributed by atoms with Crippen LogP contribution in [0.1, 0.15) is 16.7 Å². The van der Waals surface area contributed by atoms with Gasteiger partial charge in [-0.3, -0.25) is 10.1 Å². The van der Waals surface area contributed by atoms with Crippen molar-refractivity contribution in [2.75, 3.05) is 38.5 Å². The number of rotatable bonds is 2. The van der Waals surface area contributed by atoms with Crippen LogP contribution in [0, 0.1) is 10.1 Å². The van der Waals surface area contributed by atoms with Gasteiger partial charge in [0.05, 0.1) is 26.9 Å². The topological polar surface area (TPSA) is 74.0 Å². The highest BCUT2D eigenvalue weighted by atomic mass is 32.1. The van der Waals surface area contributed by atoms with E-state index in [0.717, 1.165) is 54.7 Å². The predicted octanol–water partition coefficient (Wildman–Crippen LogP) is 3.60. The van der Waals surface area contributed by atoms with Gasteiger partial charge in [-0.15, -0.1) is 11.3 Å². The number of likely N-dealkylation sites (N-methyl/N-ethyl adjacent to an activating group) is 1. The molecule has 1 fully saturated rings. The number of piperazine rings is 1. The highest BCUT2D eigenvalue weighted by molar-refractivity contribution is 7.14. The minimum absolute atomic E-state index is 0.0616. The Kier molecular flexibility index (Phi) is 4.37. The largest absolute Gasteiger partial charge is 0.353 e. The maximum absolute atomic E-state index is 11.2. The SMILES string of the molecule is CCc1cc2c(s1)C(N1CCN(C)CC1)=Nc1cc([N+](=O)[O-])ccc1N2. The molecule has 0 spiro atoms. The maximum Gasteiger partial charge on any atom is 0.271 e. The zero-order chi connectivity index (χ0) is 18.3. The standard InChI is InChI=1S/C18H21N5O2S/c1-3-13-11-16-17(26-13)18(22-8-6-21(2)7-9-22)20-15-10-12(23(24)25)4-5-14(15)19-16/h4-5,10-11,19H,3,6-9H2,1-2H3. The van der Waals surface area contributed by atoms with Crippen LogP contribution in [0.3, 0.4) is 0 Å². The number of aliphatic imine (C=N–C) groups is 1. The van der Waals surface area contributed by atoms with Crippen LogP contribution in [0.25, 0.3) is 0 Å². The van der Waals surface area contributed by atoms with E-state index >= 15 is 0 Å². The molecule has 26 heavy (non-hydrogen) atoms. The summed E-state index contributed by atoms with van der Waals surface area (Å²) in [5, 5.41) is 14.6. The highest BCUT2D eigenvalue weighted by Gasteiger charge is 2.26. The van der Waals surface area contributed by atoms with Gasteiger partial charge in [-0.2, -0.15) is 0 Å². The summed E-state index contributed by atoms with van der Waals surface area (Å²) >= 11 is 1.75. The molecular weight excluding hydrogens is 350 g/mol. The Labute approximate surface area is 156 Å². The van der Waals surface area contributed by atoms with E-state index in [-0.39, 0.29) is 10.6 Å². The Bertz CT molecular complexity index is 884. The molecule has 4 rings (SSSR count). The molecule has 1 aromatic heterocycles. The summed E-state index contributed by atoms with van der Waals surface area (Å²) in [4.78, 5) is 22.7. The van der Waals surface area contributed by atoms with E-state index in [1.807, 2.05) is 0 Å². The van der Waals surface area contributed by atoms with Crippen LogP contribution in [0.15, 0.2) is 29.3 Å². The summed E-state index contributed by atoms with van der Waals surface area (Å²) in [6.45, 7) is 5.91. The average Bonchev–Trinajstić information content (AvgIpc) is 2.97. The number of thiophene rings is 1. The Morgan fingerprint density at radius 1 is 1.23 bits per heavy atom. The lowest BCUT2D eigenvalue weighted by Gasteiger charge is -2.34. The van der Waals surface area contributed by atoms with Gasteiger partial charge < -0.3 is 15.1 Å². The van der Waals surface area contributed by atoms with E-state index in [2.05, 4.69) is 35.2 Å². The minimum atomic E-state index is -0.374. The van der Waals surface area contributed by atoms with Gasteiger partial charge in [-0.25, -0.2) is 4.99 Å². The third-order valence-electron chi connectivity index (χ3n) is 4.83. The number of fused-ring (bicyclic) bond motifs is 2. The molecule has 2 aliphatic heterocycles. The van der Waals surface area contributed by atoms with Crippen molar-refractivity contribution < 1.29 is 4.92 Å². The second kappa shape index (κ2) is 6.69. The maximum atomic E-state index is 11.2. The number of nitro benzene ring substituents is 1. The van der Waals surface area contributed by atoms with Crippen molar-refractivity contribution >= 4 is 39.9 Å². The van der Waals surface area contributed by atoms with Crippen molar-refractivity contribution in [2.24, 2.45) is 4.99 Å². The molecule has 3 heterocycles. The van der Waals surface area contributed by atoms with E-state index in [1.54, 1.807) is 23.5 Å². The van der Waals surface area contributed by atoms with Crippen LogP contribution in [0.2, 0.25) is 0 Å². The summed E-state index contributed by atoms with van der Waals surface area (Å²) < 4.78 is 0. The van der Waals surface area contributed by atoms with Gasteiger partial charge in [-0.05, 0) is 25.6 Å². The fraction of sp³-hybridized carbons (Fsp3) is 0.389. The number of non-ortho nitro benzene ring substituents is 1. The van der Waals surface area contributed by atoms with Gasteiger partial charge in [0.25, 0.3) is 5.69 Å². The lowest BCUT2D eigenvalue weighted by molar-refractivity contribution is -0.384. The molecule has 0 amide bonds. The molecule has 0 unspecified atom stereocenters. The molecule has 2 aliphatic rings. The number of hydrogen-bond donors (Lipinski definition) is 1. The fourth-order valence-electron chi connectivity index (χ4n) is 3.25. The predicted molar refractivity (Wildman–Crippen MR) is 105 cm³/mol. The zero-order valence-corrected chi connectivity index (χ0v) is 15.7. The van der Waals surface area contributed by atoms with E-state index in [4.69, 9.17) is 4.99 Å². The lowest BCUT2D eigenvalue weighted by Crippen LogP contribution is -2.47. The van der Waals surface area contributed by atoms with Crippen molar-refractivity contribution in [3.63, 3.8) is 0 Å². The van der Waals surface area contributed by atoms with E-state index in [0.29, 0.717) is 5.69 Å². The molecule has 0 bridgehead atoms. The van der Waals surface area contributed by atoms with Crippen LogP contribution in [-0.4, -0.2) is 53.8 Å². The molecule has 1 saturated heterocycles. The first kappa shape index (κ1) is 17.0. The summed E-state index contributed by atoms with van der Waals surface area (Å²) in [5.74, 6) is 0.921. The molecular formula is C18H21N5O2S. The van der Waals surface area contributed by atoms with Gasteiger partial charge in [0.2, 0.25) is 0 Å². The van der Waals surface area contributed by atoms with Crippen LogP contribution < -0.4 is 5.32 Å². The van der Waals surface area contributed by atoms with Gasteiger partial charge in [-0.1, -0.05) is 6.92 Å². The first-order valence-electron chi connectivity index (χ1n) is 8.76. The number of nitrogens with zero attached hydrogens (tertiary/aromatic N) is 4. The summed E-state index contributed by atoms with van der Waals surface area (Å²) in [6.07, 6.45) is 0.975. The van der Waals surface area contributed by atoms with Gasteiger partial charge in [0.1, 0.15) is 5.84 Å². The van der Waals surface area contributed by atoms with Gasteiger partial charge in [0, 0.05) is 43.2 Å². The third-order valence-corrected chi connectivity index (χ3v) is 6.10. The smallest absolute Gasteiger partial charge is 0.271 e. The first-order valence-corrected chi connectivity index (χ1v) is 9.57. The molecule has 7 nitrogen and oxygen atoms in total. The Morgan fingerprint density at radius 3 is 2.69 bits per heavy atom. The molecule has 0 aliphatic carbocycles. The number of amidine groups is 1. The third kappa shape index (κ3) is 3.06. The number of benzene rings is 1. The number of anilines is 2. The van der Waals surface area contributed by atoms with Crippen LogP contribution >= 0.6 is 11.3 Å². The summed E-state index contributed by atoms with van der Waals surface area (Å²) in [5.41, 5.74) is 2.53. The monoisotopic (exact) mass is 371 g/mol. The van der Waals surface area contributed by atoms with E-state index in [1.165, 1.54) is 10.9 Å². The Morgan fingerprint density at radius 2 is 2.00 bits per heavy atom. The van der Waals surface area contributed by atoms with Crippen molar-refractivity contribution in [3.8, 4) is 0 Å². The molecule has 2 aromatic rings. The average molecular weight is 371 g/mol. The van der Waals surface area contributed by atoms with Crippen molar-refractivity contribution in [1.82, 2.24) is 9.80 Å². The second-order valence-corrected chi connectivity index (χ2v) is 7.76. The number of nitro groups is 1. The highest BCUT2D eigenvalue weighted by Crippen LogP contribution is 2.40. The molecule has 1 aromatic carbocycles.